The van der Waals surface area contributed by atoms with Gasteiger partial charge in [-0.3, -0.25) is 19.3 Å². The first-order valence-electron chi connectivity index (χ1n) is 14.0. The van der Waals surface area contributed by atoms with Gasteiger partial charge in [-0.05, 0) is 87.7 Å². The van der Waals surface area contributed by atoms with E-state index in [0.717, 1.165) is 43.4 Å². The molecule has 2 N–H and O–H groups in total. The maximum atomic E-state index is 13.3. The zero-order valence-electron chi connectivity index (χ0n) is 21.9. The average Bonchev–Trinajstić information content (AvgIpc) is 2.83. The first-order valence-corrected chi connectivity index (χ1v) is 14.0. The lowest BCUT2D eigenvalue weighted by atomic mass is 9.65. The summed E-state index contributed by atoms with van der Waals surface area (Å²) in [6.45, 7) is 3.67. The summed E-state index contributed by atoms with van der Waals surface area (Å²) in [5, 5.41) is 11.5. The van der Waals surface area contributed by atoms with E-state index in [4.69, 9.17) is 5.11 Å². The maximum Gasteiger partial charge on any atom is 0.394 e. The first-order chi connectivity index (χ1) is 17.7. The highest BCUT2D eigenvalue weighted by Crippen LogP contribution is 2.48. The number of nitrogens with zero attached hydrogens (tertiary/aromatic N) is 2. The summed E-state index contributed by atoms with van der Waals surface area (Å²) >= 11 is 0. The Hall–Kier alpha value is -2.74. The van der Waals surface area contributed by atoms with Crippen molar-refractivity contribution in [1.29, 1.82) is 0 Å². The van der Waals surface area contributed by atoms with Gasteiger partial charge in [-0.1, -0.05) is 25.5 Å². The Kier molecular flexibility index (Phi) is 7.39. The van der Waals surface area contributed by atoms with E-state index < -0.39 is 23.6 Å². The molecule has 2 aliphatic heterocycles. The number of aliphatic carboxylic acids is 1. The molecule has 1 aromatic rings. The van der Waals surface area contributed by atoms with Gasteiger partial charge in [-0.2, -0.15) is 0 Å². The Morgan fingerprint density at radius 1 is 0.892 bits per heavy atom. The van der Waals surface area contributed by atoms with Crippen molar-refractivity contribution in [1.82, 2.24) is 4.90 Å². The lowest BCUT2D eigenvalue weighted by molar-refractivity contribution is -0.147. The minimum atomic E-state index is -1.60. The Balaban J connectivity index is 1.41. The smallest absolute Gasteiger partial charge is 0.394 e. The second-order valence-electron chi connectivity index (χ2n) is 12.0. The lowest BCUT2D eigenvalue weighted by Crippen LogP contribution is -2.62. The number of nitrogens with one attached hydrogen (secondary N) is 1. The number of carboxylic acid groups (broad SMARTS) is 1. The third kappa shape index (κ3) is 5.31. The molecule has 4 aliphatic rings. The van der Waals surface area contributed by atoms with Crippen LogP contribution in [0.25, 0.3) is 0 Å². The molecule has 200 valence electrons. The molecule has 7 atom stereocenters. The van der Waals surface area contributed by atoms with Gasteiger partial charge in [0.15, 0.2) is 0 Å². The van der Waals surface area contributed by atoms with Crippen LogP contribution in [0.15, 0.2) is 24.3 Å². The van der Waals surface area contributed by atoms with Crippen LogP contribution in [0.5, 0.6) is 0 Å². The van der Waals surface area contributed by atoms with Gasteiger partial charge in [0, 0.05) is 31.1 Å². The van der Waals surface area contributed by atoms with Gasteiger partial charge in [0.2, 0.25) is 5.78 Å². The molecule has 37 heavy (non-hydrogen) atoms. The highest BCUT2D eigenvalue weighted by atomic mass is 16.4. The van der Waals surface area contributed by atoms with Crippen LogP contribution in [0.1, 0.15) is 78.1 Å². The van der Waals surface area contributed by atoms with Gasteiger partial charge in [-0.15, -0.1) is 0 Å². The summed E-state index contributed by atoms with van der Waals surface area (Å²) in [7, 11) is 0. The van der Waals surface area contributed by atoms with Crippen molar-refractivity contribution in [3.05, 3.63) is 24.3 Å². The van der Waals surface area contributed by atoms with Crippen LogP contribution in [0.4, 0.5) is 11.4 Å². The summed E-state index contributed by atoms with van der Waals surface area (Å²) in [5.74, 6) is -1.48. The molecular formula is C29H39N3O5. The molecule has 2 amide bonds. The van der Waals surface area contributed by atoms with E-state index in [1.807, 2.05) is 0 Å². The zero-order chi connectivity index (χ0) is 26.3. The average molecular weight is 510 g/mol. The van der Waals surface area contributed by atoms with Crippen molar-refractivity contribution < 1.29 is 24.3 Å². The number of carbonyl (C=O) groups is 4. The predicted octanol–water partition coefficient (Wildman–Crippen LogP) is 4.23. The van der Waals surface area contributed by atoms with Crippen LogP contribution >= 0.6 is 0 Å². The number of para-hydroxylation sites is 2. The number of fused-ring (bicyclic) bond motifs is 4. The second-order valence-corrected chi connectivity index (χ2v) is 12.0. The van der Waals surface area contributed by atoms with Crippen molar-refractivity contribution >= 4 is 34.9 Å². The van der Waals surface area contributed by atoms with Gasteiger partial charge >= 0.3 is 11.9 Å². The number of hydrogen-bond donors (Lipinski definition) is 2. The molecule has 0 radical (unpaired) electrons. The van der Waals surface area contributed by atoms with Crippen LogP contribution in [0.3, 0.4) is 0 Å². The Morgan fingerprint density at radius 2 is 1.51 bits per heavy atom. The number of carboxylic acids is 1. The fraction of sp³-hybridized carbons (Fsp3) is 0.655. The molecule has 3 unspecified atom stereocenters. The van der Waals surface area contributed by atoms with Crippen LogP contribution in [-0.2, 0) is 19.2 Å². The number of hydrogen-bond acceptors (Lipinski definition) is 5. The summed E-state index contributed by atoms with van der Waals surface area (Å²) in [6, 6.07) is 7.82. The number of benzene rings is 1. The number of rotatable bonds is 5. The van der Waals surface area contributed by atoms with E-state index in [1.165, 1.54) is 45.4 Å². The molecule has 2 heterocycles. The highest BCUT2D eigenvalue weighted by Gasteiger charge is 2.47. The summed E-state index contributed by atoms with van der Waals surface area (Å²) in [6.07, 6.45) is 11.5. The molecule has 0 aromatic heterocycles. The topological polar surface area (TPSA) is 107 Å². The largest absolute Gasteiger partial charge is 0.474 e. The Morgan fingerprint density at radius 3 is 2.11 bits per heavy atom. The van der Waals surface area contributed by atoms with Gasteiger partial charge in [-0.25, -0.2) is 4.79 Å². The molecule has 0 spiro atoms. The number of Topliss-reactive ketones (excluding diaryl/α,β-unsaturated/α-hetero) is 1. The van der Waals surface area contributed by atoms with Crippen LogP contribution < -0.4 is 10.2 Å². The number of amides is 2. The van der Waals surface area contributed by atoms with Crippen molar-refractivity contribution in [2.45, 2.75) is 102 Å². The molecule has 2 saturated carbocycles. The molecule has 4 fully saturated rings. The lowest BCUT2D eigenvalue weighted by Gasteiger charge is -2.56. The fourth-order valence-corrected chi connectivity index (χ4v) is 8.19. The normalized spacial score (nSPS) is 33.3. The van der Waals surface area contributed by atoms with Crippen LogP contribution in [0, 0.1) is 17.8 Å². The van der Waals surface area contributed by atoms with Gasteiger partial charge in [0.1, 0.15) is 0 Å². The van der Waals surface area contributed by atoms with E-state index >= 15 is 0 Å². The maximum absolute atomic E-state index is 13.3. The molecule has 2 aliphatic carbocycles. The van der Waals surface area contributed by atoms with E-state index in [0.29, 0.717) is 23.8 Å². The standard InChI is InChI=1S/C29H39N3O5/c1-17-10-19-12-20(11-17)14-23(13-19)31-21-6-5-7-22(31)16-24(15-21)32(28(35)18(2)33)26-9-4-3-8-25(26)30-27(34)29(36)37/h3-4,8-9,17,19-24H,5-7,10-16H2,1-2H3,(H,30,34)(H,36,37)/t17?,19-,20+,21-,22+,23?,24?. The zero-order valence-corrected chi connectivity index (χ0v) is 21.9. The van der Waals surface area contributed by atoms with Crippen molar-refractivity contribution in [2.75, 3.05) is 10.2 Å². The van der Waals surface area contributed by atoms with Crippen LogP contribution in [0.2, 0.25) is 0 Å². The Bertz CT molecular complexity index is 1040. The van der Waals surface area contributed by atoms with Crippen molar-refractivity contribution in [3.63, 3.8) is 0 Å². The molecule has 2 saturated heterocycles. The monoisotopic (exact) mass is 509 g/mol. The van der Waals surface area contributed by atoms with E-state index in [-0.39, 0.29) is 11.7 Å². The molecule has 4 bridgehead atoms. The molecule has 8 heteroatoms. The fourth-order valence-electron chi connectivity index (χ4n) is 8.19. The van der Waals surface area contributed by atoms with E-state index in [9.17, 15) is 19.2 Å². The van der Waals surface area contributed by atoms with Gasteiger partial charge in [0.25, 0.3) is 5.91 Å². The van der Waals surface area contributed by atoms with Gasteiger partial charge in [0.05, 0.1) is 11.4 Å². The number of carbonyl (C=O) groups excluding carboxylic acids is 3. The third-order valence-electron chi connectivity index (χ3n) is 9.27. The minimum Gasteiger partial charge on any atom is -0.474 e. The van der Waals surface area contributed by atoms with Gasteiger partial charge < -0.3 is 15.3 Å². The minimum absolute atomic E-state index is 0.186. The summed E-state index contributed by atoms with van der Waals surface area (Å²) < 4.78 is 0. The van der Waals surface area contributed by atoms with Crippen molar-refractivity contribution in [3.8, 4) is 0 Å². The van der Waals surface area contributed by atoms with Crippen molar-refractivity contribution in [2.24, 2.45) is 17.8 Å². The second kappa shape index (κ2) is 10.6. The molecule has 8 nitrogen and oxygen atoms in total. The third-order valence-corrected chi connectivity index (χ3v) is 9.27. The number of anilines is 2. The molecule has 1 aromatic carbocycles. The SMILES string of the molecule is CC(=O)C(=O)N(c1ccccc1NC(=O)C(=O)O)C1C[C@H]2CCC[C@@H](C1)N2C1C[C@H]2CC(C)C[C@@H](C1)C2. The number of ketones is 1. The van der Waals surface area contributed by atoms with Crippen LogP contribution in [-0.4, -0.2) is 57.7 Å². The predicted molar refractivity (Wildman–Crippen MR) is 140 cm³/mol. The number of piperidine rings is 2. The summed E-state index contributed by atoms with van der Waals surface area (Å²) in [5.41, 5.74) is 0.612. The quantitative estimate of drug-likeness (QED) is 0.575. The summed E-state index contributed by atoms with van der Waals surface area (Å²) in [4.78, 5) is 53.2. The van der Waals surface area contributed by atoms with E-state index in [2.05, 4.69) is 17.1 Å². The molecule has 5 rings (SSSR count). The van der Waals surface area contributed by atoms with E-state index in [1.54, 1.807) is 29.2 Å². The highest BCUT2D eigenvalue weighted by molar-refractivity contribution is 6.41. The Labute approximate surface area is 218 Å². The first kappa shape index (κ1) is 25.9. The molecular weight excluding hydrogens is 470 g/mol.